The maximum Gasteiger partial charge on any atom is 0.317 e. The van der Waals surface area contributed by atoms with E-state index in [9.17, 15) is 4.79 Å². The van der Waals surface area contributed by atoms with Gasteiger partial charge in [0, 0.05) is 20.1 Å². The lowest BCUT2D eigenvalue weighted by Crippen LogP contribution is -2.57. The third-order valence-electron chi connectivity index (χ3n) is 3.04. The van der Waals surface area contributed by atoms with E-state index in [1.54, 1.807) is 7.05 Å². The Morgan fingerprint density at radius 1 is 1.36 bits per heavy atom. The molecule has 0 spiro atoms. The number of hydrogen-bond acceptors (Lipinski definition) is 2. The Hall–Kier alpha value is -0.770. The topological polar surface area (TPSA) is 58.4 Å². The van der Waals surface area contributed by atoms with Crippen molar-refractivity contribution in [1.82, 2.24) is 10.2 Å². The van der Waals surface area contributed by atoms with Gasteiger partial charge in [-0.2, -0.15) is 0 Å². The summed E-state index contributed by atoms with van der Waals surface area (Å²) in [6.07, 6.45) is 1.78. The van der Waals surface area contributed by atoms with Crippen molar-refractivity contribution in [3.8, 4) is 0 Å². The summed E-state index contributed by atoms with van der Waals surface area (Å²) in [7, 11) is 1.65. The number of rotatable bonds is 5. The summed E-state index contributed by atoms with van der Waals surface area (Å²) in [5.74, 6) is 0. The minimum Gasteiger partial charge on any atom is -0.341 e. The standard InChI is InChI=1S/C10H23N3O/c1-5-10(6-2,8-11)13(7-3)9(14)12-4/h5-8,11H2,1-4H3,(H,12,14). The first-order valence-corrected chi connectivity index (χ1v) is 5.31. The van der Waals surface area contributed by atoms with E-state index in [-0.39, 0.29) is 11.6 Å². The van der Waals surface area contributed by atoms with Gasteiger partial charge in [0.15, 0.2) is 0 Å². The number of urea groups is 1. The molecule has 0 aromatic carbocycles. The van der Waals surface area contributed by atoms with Crippen molar-refractivity contribution >= 4 is 6.03 Å². The number of nitrogens with one attached hydrogen (secondary N) is 1. The van der Waals surface area contributed by atoms with Crippen molar-refractivity contribution in [3.05, 3.63) is 0 Å². The van der Waals surface area contributed by atoms with Crippen molar-refractivity contribution in [2.45, 2.75) is 39.2 Å². The van der Waals surface area contributed by atoms with Crippen LogP contribution in [0.15, 0.2) is 0 Å². The van der Waals surface area contributed by atoms with Crippen LogP contribution in [-0.2, 0) is 0 Å². The molecule has 0 fully saturated rings. The van der Waals surface area contributed by atoms with Crippen LogP contribution in [0.2, 0.25) is 0 Å². The summed E-state index contributed by atoms with van der Waals surface area (Å²) in [5.41, 5.74) is 5.59. The Morgan fingerprint density at radius 2 is 1.86 bits per heavy atom. The van der Waals surface area contributed by atoms with Gasteiger partial charge >= 0.3 is 6.03 Å². The highest BCUT2D eigenvalue weighted by molar-refractivity contribution is 5.74. The molecule has 0 saturated heterocycles. The lowest BCUT2D eigenvalue weighted by atomic mass is 9.91. The molecule has 0 saturated carbocycles. The summed E-state index contributed by atoms with van der Waals surface area (Å²) < 4.78 is 0. The van der Waals surface area contributed by atoms with Crippen molar-refractivity contribution in [2.24, 2.45) is 5.73 Å². The Kier molecular flexibility index (Phi) is 5.53. The minimum absolute atomic E-state index is 0.0401. The van der Waals surface area contributed by atoms with Crippen LogP contribution in [0.5, 0.6) is 0 Å². The molecule has 0 aromatic rings. The monoisotopic (exact) mass is 201 g/mol. The molecule has 0 bridgehead atoms. The maximum absolute atomic E-state index is 11.6. The average molecular weight is 201 g/mol. The normalized spacial score (nSPS) is 11.2. The Balaban J connectivity index is 4.83. The van der Waals surface area contributed by atoms with Gasteiger partial charge in [-0.25, -0.2) is 4.79 Å². The average Bonchev–Trinajstić information content (AvgIpc) is 2.25. The predicted molar refractivity (Wildman–Crippen MR) is 59.2 cm³/mol. The molecule has 0 aliphatic heterocycles. The Morgan fingerprint density at radius 3 is 2.07 bits per heavy atom. The second-order valence-electron chi connectivity index (χ2n) is 3.43. The quantitative estimate of drug-likeness (QED) is 0.701. The van der Waals surface area contributed by atoms with E-state index in [0.29, 0.717) is 13.1 Å². The third kappa shape index (κ3) is 2.38. The first-order valence-electron chi connectivity index (χ1n) is 5.31. The summed E-state index contributed by atoms with van der Waals surface area (Å²) in [6, 6.07) is -0.0401. The van der Waals surface area contributed by atoms with Gasteiger partial charge in [-0.15, -0.1) is 0 Å². The van der Waals surface area contributed by atoms with Crippen molar-refractivity contribution in [1.29, 1.82) is 0 Å². The lowest BCUT2D eigenvalue weighted by molar-refractivity contribution is 0.114. The lowest BCUT2D eigenvalue weighted by Gasteiger charge is -2.41. The SMILES string of the molecule is CCN(C(=O)NC)C(CC)(CC)CN. The number of nitrogens with two attached hydrogens (primary N) is 1. The zero-order valence-corrected chi connectivity index (χ0v) is 9.76. The molecule has 14 heavy (non-hydrogen) atoms. The Labute approximate surface area is 86.8 Å². The highest BCUT2D eigenvalue weighted by Gasteiger charge is 2.33. The molecular weight excluding hydrogens is 178 g/mol. The molecule has 0 rings (SSSR count). The van der Waals surface area contributed by atoms with Crippen LogP contribution in [0, 0.1) is 0 Å². The number of carbonyl (C=O) groups is 1. The van der Waals surface area contributed by atoms with Crippen LogP contribution >= 0.6 is 0 Å². The molecule has 0 unspecified atom stereocenters. The fourth-order valence-corrected chi connectivity index (χ4v) is 1.86. The fraction of sp³-hybridized carbons (Fsp3) is 0.900. The van der Waals surface area contributed by atoms with E-state index < -0.39 is 0 Å². The second kappa shape index (κ2) is 5.86. The summed E-state index contributed by atoms with van der Waals surface area (Å²) in [5, 5.41) is 2.66. The predicted octanol–water partition coefficient (Wildman–Crippen LogP) is 1.17. The van der Waals surface area contributed by atoms with Gasteiger partial charge in [-0.05, 0) is 19.8 Å². The molecule has 0 aliphatic rings. The molecule has 0 aliphatic carbocycles. The summed E-state index contributed by atoms with van der Waals surface area (Å²) in [4.78, 5) is 13.5. The fourth-order valence-electron chi connectivity index (χ4n) is 1.86. The Bertz CT molecular complexity index is 170. The highest BCUT2D eigenvalue weighted by Crippen LogP contribution is 2.22. The van der Waals surface area contributed by atoms with Gasteiger partial charge in [-0.1, -0.05) is 13.8 Å². The van der Waals surface area contributed by atoms with Crippen molar-refractivity contribution < 1.29 is 4.79 Å². The van der Waals surface area contributed by atoms with Crippen LogP contribution in [-0.4, -0.2) is 36.6 Å². The van der Waals surface area contributed by atoms with Gasteiger partial charge in [0.1, 0.15) is 0 Å². The second-order valence-corrected chi connectivity index (χ2v) is 3.43. The van der Waals surface area contributed by atoms with Crippen LogP contribution in [0.25, 0.3) is 0 Å². The zero-order chi connectivity index (χ0) is 11.2. The highest BCUT2D eigenvalue weighted by atomic mass is 16.2. The van der Waals surface area contributed by atoms with Crippen molar-refractivity contribution in [2.75, 3.05) is 20.1 Å². The molecule has 4 nitrogen and oxygen atoms in total. The third-order valence-corrected chi connectivity index (χ3v) is 3.04. The number of likely N-dealkylation sites (N-methyl/N-ethyl adjacent to an activating group) is 1. The molecule has 2 amide bonds. The van der Waals surface area contributed by atoms with Gasteiger partial charge < -0.3 is 16.0 Å². The maximum atomic E-state index is 11.6. The number of nitrogens with zero attached hydrogens (tertiary/aromatic N) is 1. The zero-order valence-electron chi connectivity index (χ0n) is 9.76. The molecule has 3 N–H and O–H groups in total. The van der Waals surface area contributed by atoms with Crippen LogP contribution in [0.1, 0.15) is 33.6 Å². The number of carbonyl (C=O) groups excluding carboxylic acids is 1. The van der Waals surface area contributed by atoms with Crippen LogP contribution in [0.3, 0.4) is 0 Å². The molecule has 0 atom stereocenters. The van der Waals surface area contributed by atoms with E-state index in [4.69, 9.17) is 5.73 Å². The minimum atomic E-state index is -0.186. The van der Waals surface area contributed by atoms with Crippen molar-refractivity contribution in [3.63, 3.8) is 0 Å². The first kappa shape index (κ1) is 13.2. The van der Waals surface area contributed by atoms with Crippen LogP contribution < -0.4 is 11.1 Å². The van der Waals surface area contributed by atoms with Gasteiger partial charge in [0.05, 0.1) is 5.54 Å². The van der Waals surface area contributed by atoms with E-state index in [0.717, 1.165) is 12.8 Å². The van der Waals surface area contributed by atoms with E-state index >= 15 is 0 Å². The van der Waals surface area contributed by atoms with E-state index in [2.05, 4.69) is 19.2 Å². The van der Waals surface area contributed by atoms with E-state index in [1.165, 1.54) is 0 Å². The molecule has 84 valence electrons. The number of hydrogen-bond donors (Lipinski definition) is 2. The largest absolute Gasteiger partial charge is 0.341 e. The smallest absolute Gasteiger partial charge is 0.317 e. The molecule has 0 aromatic heterocycles. The van der Waals surface area contributed by atoms with Gasteiger partial charge in [0.25, 0.3) is 0 Å². The van der Waals surface area contributed by atoms with E-state index in [1.807, 2.05) is 11.8 Å². The molecule has 0 heterocycles. The molecule has 0 radical (unpaired) electrons. The molecule has 4 heteroatoms. The number of amides is 2. The van der Waals surface area contributed by atoms with Gasteiger partial charge in [0.2, 0.25) is 0 Å². The summed E-state index contributed by atoms with van der Waals surface area (Å²) >= 11 is 0. The first-order chi connectivity index (χ1) is 6.61. The van der Waals surface area contributed by atoms with Crippen LogP contribution in [0.4, 0.5) is 4.79 Å². The molecular formula is C10H23N3O. The summed E-state index contributed by atoms with van der Waals surface area (Å²) in [6.45, 7) is 7.33. The van der Waals surface area contributed by atoms with Gasteiger partial charge in [-0.3, -0.25) is 0 Å².